The van der Waals surface area contributed by atoms with Crippen LogP contribution in [-0.4, -0.2) is 0 Å². The normalized spacial score (nSPS) is 22.4. The monoisotopic (exact) mass is 436 g/mol. The van der Waals surface area contributed by atoms with Gasteiger partial charge in [-0.3, -0.25) is 0 Å². The van der Waals surface area contributed by atoms with Gasteiger partial charge in [-0.25, -0.2) is 0 Å². The van der Waals surface area contributed by atoms with Crippen LogP contribution < -0.4 is 0 Å². The molecular weight excluding hydrogens is 408 g/mol. The molecule has 0 saturated heterocycles. The van der Waals surface area contributed by atoms with Crippen LogP contribution in [0.25, 0.3) is 12.2 Å². The molecule has 3 aliphatic carbocycles. The highest BCUT2D eigenvalue weighted by atomic mass is 14.5. The van der Waals surface area contributed by atoms with Gasteiger partial charge in [-0.2, -0.15) is 0 Å². The summed E-state index contributed by atoms with van der Waals surface area (Å²) >= 11 is 0. The number of aryl methyl sites for hydroxylation is 2. The summed E-state index contributed by atoms with van der Waals surface area (Å²) in [5.41, 5.74) is 13.0. The molecule has 0 amide bonds. The van der Waals surface area contributed by atoms with Gasteiger partial charge in [0.1, 0.15) is 0 Å². The maximum Gasteiger partial charge on any atom is 0.0460 e. The van der Waals surface area contributed by atoms with Gasteiger partial charge in [0.2, 0.25) is 0 Å². The zero-order valence-electron chi connectivity index (χ0n) is 19.4. The van der Waals surface area contributed by atoms with Crippen molar-refractivity contribution in [3.63, 3.8) is 0 Å². The minimum Gasteiger partial charge on any atom is -0.0622 e. The molecule has 0 saturated carbocycles. The minimum absolute atomic E-state index is 0.140. The number of benzene rings is 4. The van der Waals surface area contributed by atoms with Gasteiger partial charge in [0.05, 0.1) is 0 Å². The first-order valence-electron chi connectivity index (χ1n) is 12.6. The molecule has 0 fully saturated rings. The number of rotatable bonds is 1. The fourth-order valence-electron chi connectivity index (χ4n) is 6.83. The lowest BCUT2D eigenvalue weighted by atomic mass is 9.56. The number of hydrogen-bond donors (Lipinski definition) is 0. The van der Waals surface area contributed by atoms with Crippen LogP contribution in [0.3, 0.4) is 0 Å². The van der Waals surface area contributed by atoms with Crippen LogP contribution in [0.15, 0.2) is 114 Å². The summed E-state index contributed by atoms with van der Waals surface area (Å²) in [5, 5.41) is 0. The highest BCUT2D eigenvalue weighted by Crippen LogP contribution is 2.58. The van der Waals surface area contributed by atoms with Crippen molar-refractivity contribution < 1.29 is 0 Å². The van der Waals surface area contributed by atoms with Gasteiger partial charge in [0.15, 0.2) is 0 Å². The van der Waals surface area contributed by atoms with Crippen LogP contribution in [0.1, 0.15) is 57.7 Å². The zero-order chi connectivity index (χ0) is 22.5. The molecule has 0 heterocycles. The molecule has 0 nitrogen and oxygen atoms in total. The van der Waals surface area contributed by atoms with E-state index in [1.165, 1.54) is 50.1 Å². The first kappa shape index (κ1) is 19.8. The lowest BCUT2D eigenvalue weighted by Gasteiger charge is -2.46. The van der Waals surface area contributed by atoms with E-state index < -0.39 is 0 Å². The Kier molecular flexibility index (Phi) is 4.49. The summed E-state index contributed by atoms with van der Waals surface area (Å²) in [5.74, 6) is 0.428. The molecule has 0 unspecified atom stereocenters. The van der Waals surface area contributed by atoms with E-state index in [1.807, 2.05) is 0 Å². The number of hydrogen-bond acceptors (Lipinski definition) is 0. The molecule has 4 aromatic carbocycles. The summed E-state index contributed by atoms with van der Waals surface area (Å²) in [7, 11) is 0. The summed E-state index contributed by atoms with van der Waals surface area (Å²) in [6.07, 6.45) is 9.51. The molecule has 0 radical (unpaired) electrons. The molecule has 2 atom stereocenters. The molecule has 7 rings (SSSR count). The third kappa shape index (κ3) is 2.85. The Hall–Kier alpha value is -3.64. The van der Waals surface area contributed by atoms with Crippen molar-refractivity contribution in [3.8, 4) is 0 Å². The Bertz CT molecular complexity index is 1450. The van der Waals surface area contributed by atoms with Crippen molar-refractivity contribution in [3.05, 3.63) is 153 Å². The van der Waals surface area contributed by atoms with E-state index in [1.54, 1.807) is 0 Å². The van der Waals surface area contributed by atoms with Gasteiger partial charge in [-0.15, -0.1) is 0 Å². The zero-order valence-corrected chi connectivity index (χ0v) is 19.4. The largest absolute Gasteiger partial charge is 0.0622 e. The number of fused-ring (bicyclic) bond motifs is 8. The predicted molar refractivity (Wildman–Crippen MR) is 142 cm³/mol. The Morgan fingerprint density at radius 2 is 1.24 bits per heavy atom. The van der Waals surface area contributed by atoms with Crippen LogP contribution >= 0.6 is 0 Å². The molecule has 0 aliphatic heterocycles. The van der Waals surface area contributed by atoms with Gasteiger partial charge < -0.3 is 0 Å². The van der Waals surface area contributed by atoms with Gasteiger partial charge in [-0.05, 0) is 81.8 Å². The molecule has 0 N–H and O–H groups in total. The van der Waals surface area contributed by atoms with Crippen LogP contribution in [0.2, 0.25) is 0 Å². The van der Waals surface area contributed by atoms with Crippen molar-refractivity contribution in [1.82, 2.24) is 0 Å². The van der Waals surface area contributed by atoms with E-state index >= 15 is 0 Å². The Morgan fingerprint density at radius 1 is 0.588 bits per heavy atom. The quantitative estimate of drug-likeness (QED) is 0.282. The van der Waals surface area contributed by atoms with Crippen LogP contribution in [0.5, 0.6) is 0 Å². The van der Waals surface area contributed by atoms with E-state index in [0.29, 0.717) is 5.92 Å². The molecule has 34 heavy (non-hydrogen) atoms. The van der Waals surface area contributed by atoms with Gasteiger partial charge in [-0.1, -0.05) is 109 Å². The molecule has 0 heteroatoms. The van der Waals surface area contributed by atoms with E-state index in [2.05, 4.69) is 115 Å². The molecule has 0 aromatic heterocycles. The second-order valence-corrected chi connectivity index (χ2v) is 10.0. The van der Waals surface area contributed by atoms with Gasteiger partial charge >= 0.3 is 0 Å². The van der Waals surface area contributed by atoms with E-state index in [9.17, 15) is 0 Å². The lowest BCUT2D eigenvalue weighted by molar-refractivity contribution is 0.516. The first-order valence-corrected chi connectivity index (χ1v) is 12.6. The fourth-order valence-corrected chi connectivity index (χ4v) is 6.83. The topological polar surface area (TPSA) is 0 Å². The summed E-state index contributed by atoms with van der Waals surface area (Å²) in [4.78, 5) is 0. The Labute approximate surface area is 202 Å². The Balaban J connectivity index is 1.60. The van der Waals surface area contributed by atoms with Crippen LogP contribution in [0.4, 0.5) is 0 Å². The highest BCUT2D eigenvalue weighted by molar-refractivity contribution is 5.80. The third-order valence-corrected chi connectivity index (χ3v) is 8.40. The fraction of sp³-hybridized carbons (Fsp3) is 0.176. The molecule has 0 spiro atoms. The molecule has 4 aromatic rings. The summed E-state index contributed by atoms with van der Waals surface area (Å²) in [6, 6.07) is 38.6. The van der Waals surface area contributed by atoms with Gasteiger partial charge in [0, 0.05) is 11.3 Å². The highest BCUT2D eigenvalue weighted by Gasteiger charge is 2.47. The predicted octanol–water partition coefficient (Wildman–Crippen LogP) is 8.13. The van der Waals surface area contributed by atoms with Crippen LogP contribution in [0, 0.1) is 0 Å². The Morgan fingerprint density at radius 3 is 2.06 bits per heavy atom. The molecule has 0 bridgehead atoms. The van der Waals surface area contributed by atoms with Crippen molar-refractivity contribution in [1.29, 1.82) is 0 Å². The van der Waals surface area contributed by atoms with Gasteiger partial charge in [0.25, 0.3) is 0 Å². The average molecular weight is 437 g/mol. The van der Waals surface area contributed by atoms with Crippen molar-refractivity contribution in [2.75, 3.05) is 0 Å². The van der Waals surface area contributed by atoms with Crippen molar-refractivity contribution in [2.24, 2.45) is 0 Å². The maximum absolute atomic E-state index is 2.54. The summed E-state index contributed by atoms with van der Waals surface area (Å²) < 4.78 is 0. The first-order chi connectivity index (χ1) is 16.8. The summed E-state index contributed by atoms with van der Waals surface area (Å²) in [6.45, 7) is 0. The molecular formula is C34H28. The SMILES string of the molecule is C1=C2C3=Cc4ccccc4CC[C@]3(c3ccccc3)c3ccccc3[C@H]2CCc2ccccc21. The van der Waals surface area contributed by atoms with E-state index in [-0.39, 0.29) is 5.41 Å². The molecule has 164 valence electrons. The smallest absolute Gasteiger partial charge is 0.0460 e. The maximum atomic E-state index is 2.54. The van der Waals surface area contributed by atoms with Crippen molar-refractivity contribution >= 4 is 12.2 Å². The van der Waals surface area contributed by atoms with E-state index in [4.69, 9.17) is 0 Å². The average Bonchev–Trinajstić information content (AvgIpc) is 3.20. The second kappa shape index (κ2) is 7.71. The second-order valence-electron chi connectivity index (χ2n) is 10.0. The van der Waals surface area contributed by atoms with Crippen LogP contribution in [-0.2, 0) is 18.3 Å². The molecule has 3 aliphatic rings. The van der Waals surface area contributed by atoms with Crippen molar-refractivity contribution in [2.45, 2.75) is 37.0 Å². The third-order valence-electron chi connectivity index (χ3n) is 8.40. The minimum atomic E-state index is -0.140. The number of allylic oxidation sites excluding steroid dienone is 2. The standard InChI is InChI=1S/C34H28/c1-2-14-28(15-3-1)34-21-20-25-11-5-7-13-27(25)23-33(34)31-22-26-12-6-4-10-24(26)18-19-29(31)30-16-8-9-17-32(30)34/h1-17,22-23,29H,18-21H2/t29-,34+/m1/s1. The van der Waals surface area contributed by atoms with E-state index in [0.717, 1.165) is 25.7 Å². The lowest BCUT2D eigenvalue weighted by Crippen LogP contribution is -2.37.